The Hall–Kier alpha value is -1.64. The number of hydrogen-bond donors (Lipinski definition) is 1. The second-order valence-electron chi connectivity index (χ2n) is 4.29. The van der Waals surface area contributed by atoms with E-state index in [0.717, 1.165) is 30.0 Å². The molecule has 118 valence electrons. The van der Waals surface area contributed by atoms with E-state index >= 15 is 0 Å². The maximum absolute atomic E-state index is 13.4. The molecule has 2 rings (SSSR count). The summed E-state index contributed by atoms with van der Waals surface area (Å²) in [4.78, 5) is 0.212. The van der Waals surface area contributed by atoms with Crippen LogP contribution in [0.3, 0.4) is 0 Å². The number of nitrogens with two attached hydrogens (primary N) is 1. The molecule has 0 aliphatic rings. The number of benzene rings is 2. The van der Waals surface area contributed by atoms with E-state index in [1.807, 2.05) is 0 Å². The average molecular weight is 345 g/mol. The minimum absolute atomic E-state index is 0.00365. The van der Waals surface area contributed by atoms with Gasteiger partial charge in [0.05, 0.1) is 11.5 Å². The summed E-state index contributed by atoms with van der Waals surface area (Å²) in [6, 6.07) is 8.89. The van der Waals surface area contributed by atoms with Gasteiger partial charge in [-0.2, -0.15) is 0 Å². The second-order valence-corrected chi connectivity index (χ2v) is 6.99. The van der Waals surface area contributed by atoms with Crippen LogP contribution in [0.15, 0.2) is 52.3 Å². The zero-order valence-corrected chi connectivity index (χ0v) is 13.0. The monoisotopic (exact) mass is 345 g/mol. The maximum atomic E-state index is 13.4. The highest BCUT2D eigenvalue weighted by Crippen LogP contribution is 2.23. The van der Waals surface area contributed by atoms with Crippen molar-refractivity contribution in [3.63, 3.8) is 0 Å². The lowest BCUT2D eigenvalue weighted by Crippen LogP contribution is -2.11. The van der Waals surface area contributed by atoms with Crippen molar-refractivity contribution >= 4 is 21.8 Å². The number of rotatable bonds is 6. The molecule has 2 aromatic rings. The van der Waals surface area contributed by atoms with Crippen LogP contribution >= 0.6 is 11.8 Å². The number of ether oxygens (including phenoxy) is 1. The summed E-state index contributed by atoms with van der Waals surface area (Å²) < 4.78 is 53.9. The summed E-state index contributed by atoms with van der Waals surface area (Å²) >= 11 is 1.13. The van der Waals surface area contributed by atoms with Crippen LogP contribution in [0, 0.1) is 11.6 Å². The normalized spacial score (nSPS) is 11.4. The highest BCUT2D eigenvalue weighted by Gasteiger charge is 2.07. The molecule has 4 nitrogen and oxygen atoms in total. The fraction of sp³-hybridized carbons (Fsp3) is 0.143. The zero-order valence-electron chi connectivity index (χ0n) is 11.3. The first-order chi connectivity index (χ1) is 10.4. The fourth-order valence-electron chi connectivity index (χ4n) is 1.62. The molecule has 22 heavy (non-hydrogen) atoms. The highest BCUT2D eigenvalue weighted by atomic mass is 32.2. The lowest BCUT2D eigenvalue weighted by Gasteiger charge is -2.07. The third-order valence-electron chi connectivity index (χ3n) is 2.66. The van der Waals surface area contributed by atoms with E-state index in [0.29, 0.717) is 11.5 Å². The maximum Gasteiger partial charge on any atom is 0.238 e. The van der Waals surface area contributed by atoms with Crippen molar-refractivity contribution in [1.29, 1.82) is 0 Å². The average Bonchev–Trinajstić information content (AvgIpc) is 2.46. The van der Waals surface area contributed by atoms with Crippen LogP contribution < -0.4 is 9.88 Å². The van der Waals surface area contributed by atoms with Gasteiger partial charge in [0.1, 0.15) is 17.4 Å². The Balaban J connectivity index is 1.85. The largest absolute Gasteiger partial charge is 0.493 e. The van der Waals surface area contributed by atoms with Crippen LogP contribution in [-0.4, -0.2) is 20.8 Å². The summed E-state index contributed by atoms with van der Waals surface area (Å²) in [6.45, 7) is 0.259. The number of primary sulfonamides is 1. The quantitative estimate of drug-likeness (QED) is 0.646. The standard InChI is InChI=1S/C14H13F2NO3S2/c15-10-1-6-13(16)14(9-10)21-8-7-20-11-2-4-12(5-3-11)22(17,18)19/h1-6,9H,7-8H2,(H2,17,18,19). The Morgan fingerprint density at radius 1 is 1.09 bits per heavy atom. The van der Waals surface area contributed by atoms with E-state index in [4.69, 9.17) is 9.88 Å². The van der Waals surface area contributed by atoms with E-state index in [9.17, 15) is 17.2 Å². The van der Waals surface area contributed by atoms with Crippen LogP contribution in [0.4, 0.5) is 8.78 Å². The third-order valence-corrected chi connectivity index (χ3v) is 4.58. The zero-order chi connectivity index (χ0) is 16.2. The molecular formula is C14H13F2NO3S2. The molecule has 0 aliphatic carbocycles. The highest BCUT2D eigenvalue weighted by molar-refractivity contribution is 7.99. The molecule has 0 atom stereocenters. The van der Waals surface area contributed by atoms with Gasteiger partial charge in [0, 0.05) is 10.6 Å². The third kappa shape index (κ3) is 4.69. The topological polar surface area (TPSA) is 69.4 Å². The molecule has 0 radical (unpaired) electrons. The van der Waals surface area contributed by atoms with Crippen LogP contribution in [0.5, 0.6) is 5.75 Å². The Morgan fingerprint density at radius 3 is 2.41 bits per heavy atom. The van der Waals surface area contributed by atoms with Gasteiger partial charge in [-0.1, -0.05) is 0 Å². The summed E-state index contributed by atoms with van der Waals surface area (Å²) in [5, 5.41) is 4.98. The summed E-state index contributed by atoms with van der Waals surface area (Å²) in [7, 11) is -3.73. The first-order valence-corrected chi connectivity index (χ1v) is 8.73. The summed E-state index contributed by atoms with van der Waals surface area (Å²) in [6.07, 6.45) is 0. The molecule has 0 spiro atoms. The smallest absolute Gasteiger partial charge is 0.238 e. The summed E-state index contributed by atoms with van der Waals surface area (Å²) in [5.41, 5.74) is 0. The number of sulfonamides is 1. The molecule has 0 aromatic heterocycles. The van der Waals surface area contributed by atoms with Crippen LogP contribution in [0.1, 0.15) is 0 Å². The molecule has 2 N–H and O–H groups in total. The predicted molar refractivity (Wildman–Crippen MR) is 80.4 cm³/mol. The molecule has 2 aromatic carbocycles. The van der Waals surface area contributed by atoms with Gasteiger partial charge in [0.25, 0.3) is 0 Å². The summed E-state index contributed by atoms with van der Waals surface area (Å²) in [5.74, 6) is -0.0999. The molecule has 0 fully saturated rings. The van der Waals surface area contributed by atoms with E-state index in [1.54, 1.807) is 0 Å². The second kappa shape index (κ2) is 7.08. The Bertz CT molecular complexity index is 749. The number of thioether (sulfide) groups is 1. The number of hydrogen-bond acceptors (Lipinski definition) is 4. The SMILES string of the molecule is NS(=O)(=O)c1ccc(OCCSc2cc(F)ccc2F)cc1. The molecule has 0 saturated heterocycles. The molecule has 0 amide bonds. The lowest BCUT2D eigenvalue weighted by atomic mass is 10.3. The number of halogens is 2. The predicted octanol–water partition coefficient (Wildman–Crippen LogP) is 2.78. The van der Waals surface area contributed by atoms with Crippen molar-refractivity contribution in [2.75, 3.05) is 12.4 Å². The van der Waals surface area contributed by atoms with Gasteiger partial charge in [0.2, 0.25) is 10.0 Å². The van der Waals surface area contributed by atoms with Gasteiger partial charge in [-0.05, 0) is 42.5 Å². The lowest BCUT2D eigenvalue weighted by molar-refractivity contribution is 0.343. The van der Waals surface area contributed by atoms with Crippen molar-refractivity contribution in [2.24, 2.45) is 5.14 Å². The van der Waals surface area contributed by atoms with E-state index < -0.39 is 21.7 Å². The Labute approximate surface area is 131 Å². The van der Waals surface area contributed by atoms with Crippen molar-refractivity contribution in [2.45, 2.75) is 9.79 Å². The molecule has 0 saturated carbocycles. The van der Waals surface area contributed by atoms with Crippen molar-refractivity contribution in [1.82, 2.24) is 0 Å². The van der Waals surface area contributed by atoms with Crippen LogP contribution in [0.25, 0.3) is 0 Å². The van der Waals surface area contributed by atoms with Gasteiger partial charge >= 0.3 is 0 Å². The van der Waals surface area contributed by atoms with Crippen molar-refractivity contribution in [3.05, 3.63) is 54.1 Å². The molecule has 0 unspecified atom stereocenters. The Kier molecular flexibility index (Phi) is 5.38. The van der Waals surface area contributed by atoms with Gasteiger partial charge < -0.3 is 4.74 Å². The van der Waals surface area contributed by atoms with E-state index in [1.165, 1.54) is 24.3 Å². The molecule has 0 aliphatic heterocycles. The molecule has 0 bridgehead atoms. The molecule has 8 heteroatoms. The van der Waals surface area contributed by atoms with Crippen LogP contribution in [-0.2, 0) is 10.0 Å². The van der Waals surface area contributed by atoms with Gasteiger partial charge in [0.15, 0.2) is 0 Å². The van der Waals surface area contributed by atoms with E-state index in [2.05, 4.69) is 0 Å². The van der Waals surface area contributed by atoms with Crippen molar-refractivity contribution < 1.29 is 21.9 Å². The first-order valence-electron chi connectivity index (χ1n) is 6.20. The fourth-order valence-corrected chi connectivity index (χ4v) is 2.93. The Morgan fingerprint density at radius 2 is 1.77 bits per heavy atom. The minimum Gasteiger partial charge on any atom is -0.493 e. The van der Waals surface area contributed by atoms with E-state index in [-0.39, 0.29) is 16.4 Å². The minimum atomic E-state index is -3.73. The first kappa shape index (κ1) is 16.7. The molecule has 0 heterocycles. The van der Waals surface area contributed by atoms with Gasteiger partial charge in [-0.3, -0.25) is 0 Å². The molecular weight excluding hydrogens is 332 g/mol. The van der Waals surface area contributed by atoms with Crippen LogP contribution in [0.2, 0.25) is 0 Å². The van der Waals surface area contributed by atoms with Gasteiger partial charge in [-0.15, -0.1) is 11.8 Å². The van der Waals surface area contributed by atoms with Gasteiger partial charge in [-0.25, -0.2) is 22.3 Å². The van der Waals surface area contributed by atoms with Crippen molar-refractivity contribution in [3.8, 4) is 5.75 Å².